The van der Waals surface area contributed by atoms with Crippen molar-refractivity contribution in [3.05, 3.63) is 59.1 Å². The maximum absolute atomic E-state index is 12.4. The number of nitrogens with two attached hydrogens (primary N) is 1. The first-order chi connectivity index (χ1) is 10.1. The lowest BCUT2D eigenvalue weighted by molar-refractivity contribution is 0.335. The lowest BCUT2D eigenvalue weighted by atomic mass is 10.1. The monoisotopic (exact) mass is 323 g/mol. The summed E-state index contributed by atoms with van der Waals surface area (Å²) in [5.74, 6) is 1.04. The lowest BCUT2D eigenvalue weighted by Gasteiger charge is -2.16. The van der Waals surface area contributed by atoms with Crippen LogP contribution in [0.2, 0.25) is 5.02 Å². The van der Waals surface area contributed by atoms with E-state index in [0.29, 0.717) is 22.3 Å². The number of halogens is 1. The van der Waals surface area contributed by atoms with Gasteiger partial charge in [0.2, 0.25) is 0 Å². The predicted octanol–water partition coefficient (Wildman–Crippen LogP) is 3.55. The Morgan fingerprint density at radius 1 is 1.19 bits per heavy atom. The second-order valence-corrected chi connectivity index (χ2v) is 6.39. The Labute approximate surface area is 132 Å². The van der Waals surface area contributed by atoms with Crippen molar-refractivity contribution in [1.29, 1.82) is 0 Å². The number of ether oxygens (including phenoxy) is 1. The van der Waals surface area contributed by atoms with Crippen molar-refractivity contribution in [2.24, 2.45) is 5.73 Å². The molecule has 0 aliphatic heterocycles. The van der Waals surface area contributed by atoms with Crippen molar-refractivity contribution in [2.75, 3.05) is 12.4 Å². The summed E-state index contributed by atoms with van der Waals surface area (Å²) in [6.07, 6.45) is 0. The SMILES string of the molecule is CCOc1ccccc1C(N)CS(=O)c1ccccc1Cl. The summed E-state index contributed by atoms with van der Waals surface area (Å²) in [4.78, 5) is 0.614. The normalized spacial score (nSPS) is 13.7. The number of hydrogen-bond donors (Lipinski definition) is 1. The molecule has 0 saturated carbocycles. The van der Waals surface area contributed by atoms with Crippen LogP contribution in [0.15, 0.2) is 53.4 Å². The Bertz CT molecular complexity index is 633. The molecule has 2 aromatic carbocycles. The molecule has 21 heavy (non-hydrogen) atoms. The summed E-state index contributed by atoms with van der Waals surface area (Å²) >= 11 is 6.07. The van der Waals surface area contributed by atoms with E-state index in [0.717, 1.165) is 11.3 Å². The van der Waals surface area contributed by atoms with Gasteiger partial charge < -0.3 is 10.5 Å². The Morgan fingerprint density at radius 3 is 2.57 bits per heavy atom. The van der Waals surface area contributed by atoms with Crippen molar-refractivity contribution < 1.29 is 8.95 Å². The molecule has 2 atom stereocenters. The van der Waals surface area contributed by atoms with Crippen LogP contribution in [0.3, 0.4) is 0 Å². The third-order valence-electron chi connectivity index (χ3n) is 3.03. The van der Waals surface area contributed by atoms with E-state index >= 15 is 0 Å². The highest BCUT2D eigenvalue weighted by Gasteiger charge is 2.17. The first kappa shape index (κ1) is 16.0. The molecule has 0 aliphatic carbocycles. The Morgan fingerprint density at radius 2 is 1.86 bits per heavy atom. The fourth-order valence-electron chi connectivity index (χ4n) is 2.05. The average molecular weight is 324 g/mol. The van der Waals surface area contributed by atoms with Crippen LogP contribution in [0.25, 0.3) is 0 Å². The van der Waals surface area contributed by atoms with Crippen molar-refractivity contribution in [1.82, 2.24) is 0 Å². The minimum absolute atomic E-state index is 0.299. The molecule has 2 rings (SSSR count). The predicted molar refractivity (Wildman–Crippen MR) is 87.3 cm³/mol. The third kappa shape index (κ3) is 4.06. The Balaban J connectivity index is 2.17. The first-order valence-corrected chi connectivity index (χ1v) is 8.43. The van der Waals surface area contributed by atoms with Crippen LogP contribution < -0.4 is 10.5 Å². The fourth-order valence-corrected chi connectivity index (χ4v) is 3.64. The molecule has 0 radical (unpaired) electrons. The van der Waals surface area contributed by atoms with Gasteiger partial charge in [-0.15, -0.1) is 0 Å². The van der Waals surface area contributed by atoms with Gasteiger partial charge in [-0.2, -0.15) is 0 Å². The molecule has 3 nitrogen and oxygen atoms in total. The minimum Gasteiger partial charge on any atom is -0.494 e. The molecule has 0 spiro atoms. The van der Waals surface area contributed by atoms with Crippen LogP contribution in [0.1, 0.15) is 18.5 Å². The van der Waals surface area contributed by atoms with Crippen molar-refractivity contribution in [2.45, 2.75) is 17.9 Å². The highest BCUT2D eigenvalue weighted by molar-refractivity contribution is 7.85. The molecular weight excluding hydrogens is 306 g/mol. The van der Waals surface area contributed by atoms with Crippen LogP contribution in [0.5, 0.6) is 5.75 Å². The largest absolute Gasteiger partial charge is 0.494 e. The molecule has 0 amide bonds. The van der Waals surface area contributed by atoms with E-state index < -0.39 is 10.8 Å². The van der Waals surface area contributed by atoms with E-state index in [2.05, 4.69) is 0 Å². The van der Waals surface area contributed by atoms with E-state index in [-0.39, 0.29) is 6.04 Å². The number of hydrogen-bond acceptors (Lipinski definition) is 3. The Hall–Kier alpha value is -1.36. The molecule has 2 unspecified atom stereocenters. The third-order valence-corrected chi connectivity index (χ3v) is 4.98. The van der Waals surface area contributed by atoms with Gasteiger partial charge in [-0.25, -0.2) is 0 Å². The van der Waals surface area contributed by atoms with Crippen LogP contribution in [0, 0.1) is 0 Å². The molecule has 5 heteroatoms. The average Bonchev–Trinajstić information content (AvgIpc) is 2.48. The Kier molecular flexibility index (Phi) is 5.79. The van der Waals surface area contributed by atoms with Gasteiger partial charge in [0.15, 0.2) is 0 Å². The molecule has 0 fully saturated rings. The summed E-state index contributed by atoms with van der Waals surface area (Å²) in [5, 5.41) is 0.501. The molecule has 0 bridgehead atoms. The fraction of sp³-hybridized carbons (Fsp3) is 0.250. The van der Waals surface area contributed by atoms with Crippen LogP contribution >= 0.6 is 11.6 Å². The van der Waals surface area contributed by atoms with E-state index in [9.17, 15) is 4.21 Å². The molecule has 2 N–H and O–H groups in total. The summed E-state index contributed by atoms with van der Waals surface area (Å²) in [5.41, 5.74) is 7.06. The van der Waals surface area contributed by atoms with E-state index in [1.165, 1.54) is 0 Å². The molecule has 2 aromatic rings. The standard InChI is InChI=1S/C16H18ClNO2S/c1-2-20-15-9-5-3-7-12(15)14(18)11-21(19)16-10-6-4-8-13(16)17/h3-10,14H,2,11,18H2,1H3. The van der Waals surface area contributed by atoms with Gasteiger partial charge in [0.05, 0.1) is 27.3 Å². The van der Waals surface area contributed by atoms with Crippen molar-refractivity contribution in [3.8, 4) is 5.75 Å². The second kappa shape index (κ2) is 7.59. The van der Waals surface area contributed by atoms with Gasteiger partial charge in [-0.1, -0.05) is 41.9 Å². The zero-order chi connectivity index (χ0) is 15.2. The number of rotatable bonds is 6. The molecule has 0 saturated heterocycles. The molecule has 0 aliphatic rings. The summed E-state index contributed by atoms with van der Waals surface area (Å²) < 4.78 is 18.0. The summed E-state index contributed by atoms with van der Waals surface area (Å²) in [6.45, 7) is 2.49. The van der Waals surface area contributed by atoms with Crippen LogP contribution in [-0.4, -0.2) is 16.6 Å². The number of para-hydroxylation sites is 1. The quantitative estimate of drug-likeness (QED) is 0.884. The smallest absolute Gasteiger partial charge is 0.124 e. The highest BCUT2D eigenvalue weighted by Crippen LogP contribution is 2.26. The van der Waals surface area contributed by atoms with E-state index in [1.807, 2.05) is 43.3 Å². The number of benzene rings is 2. The maximum Gasteiger partial charge on any atom is 0.124 e. The second-order valence-electron chi connectivity index (χ2n) is 4.52. The van der Waals surface area contributed by atoms with Gasteiger partial charge in [0, 0.05) is 17.4 Å². The summed E-state index contributed by atoms with van der Waals surface area (Å²) in [7, 11) is -1.25. The van der Waals surface area contributed by atoms with Crippen molar-refractivity contribution >= 4 is 22.4 Å². The molecule has 0 aromatic heterocycles. The topological polar surface area (TPSA) is 52.3 Å². The van der Waals surface area contributed by atoms with E-state index in [4.69, 9.17) is 22.1 Å². The zero-order valence-electron chi connectivity index (χ0n) is 11.8. The maximum atomic E-state index is 12.4. The van der Waals surface area contributed by atoms with Crippen LogP contribution in [-0.2, 0) is 10.8 Å². The van der Waals surface area contributed by atoms with Gasteiger partial charge in [0.25, 0.3) is 0 Å². The first-order valence-electron chi connectivity index (χ1n) is 6.73. The minimum atomic E-state index is -1.25. The van der Waals surface area contributed by atoms with Crippen molar-refractivity contribution in [3.63, 3.8) is 0 Å². The molecular formula is C16H18ClNO2S. The highest BCUT2D eigenvalue weighted by atomic mass is 35.5. The van der Waals surface area contributed by atoms with Gasteiger partial charge in [0.1, 0.15) is 5.75 Å². The summed E-state index contributed by atoms with van der Waals surface area (Å²) in [6, 6.07) is 14.3. The molecule has 112 valence electrons. The van der Waals surface area contributed by atoms with Gasteiger partial charge in [-0.05, 0) is 25.1 Å². The molecule has 0 heterocycles. The van der Waals surface area contributed by atoms with E-state index in [1.54, 1.807) is 12.1 Å². The van der Waals surface area contributed by atoms with Gasteiger partial charge >= 0.3 is 0 Å². The lowest BCUT2D eigenvalue weighted by Crippen LogP contribution is -2.19. The van der Waals surface area contributed by atoms with Gasteiger partial charge in [-0.3, -0.25) is 4.21 Å². The van der Waals surface area contributed by atoms with Crippen LogP contribution in [0.4, 0.5) is 0 Å². The zero-order valence-corrected chi connectivity index (χ0v) is 13.4.